The van der Waals surface area contributed by atoms with Crippen molar-refractivity contribution >= 4 is 17.7 Å². The molecule has 1 heterocycles. The van der Waals surface area contributed by atoms with Crippen LogP contribution in [0.2, 0.25) is 0 Å². The second-order valence-electron chi connectivity index (χ2n) is 4.52. The molecule has 0 aromatic heterocycles. The average Bonchev–Trinajstić information content (AvgIpc) is 2.91. The van der Waals surface area contributed by atoms with E-state index in [2.05, 4.69) is 4.84 Å². The predicted molar refractivity (Wildman–Crippen MR) is 68.7 cm³/mol. The number of amides is 1. The Bertz CT molecular complexity index is 404. The maximum atomic E-state index is 12.8. The SMILES string of the molecule is O=C([C@@H](Cc1ccc(F)cc1)NCl)N1CCCC1. The molecule has 0 bridgehead atoms. The molecule has 1 saturated heterocycles. The van der Waals surface area contributed by atoms with Crippen molar-refractivity contribution in [1.29, 1.82) is 0 Å². The van der Waals surface area contributed by atoms with Crippen LogP contribution in [0.3, 0.4) is 0 Å². The fraction of sp³-hybridized carbons (Fsp3) is 0.462. The number of rotatable bonds is 4. The first-order chi connectivity index (χ1) is 8.70. The molecule has 0 saturated carbocycles. The second kappa shape index (κ2) is 6.16. The van der Waals surface area contributed by atoms with Gasteiger partial charge in [0.2, 0.25) is 5.91 Å². The molecule has 1 aliphatic rings. The fourth-order valence-corrected chi connectivity index (χ4v) is 2.36. The monoisotopic (exact) mass is 270 g/mol. The van der Waals surface area contributed by atoms with Crippen LogP contribution in [0.15, 0.2) is 24.3 Å². The maximum Gasteiger partial charge on any atom is 0.241 e. The van der Waals surface area contributed by atoms with Gasteiger partial charge in [0.15, 0.2) is 0 Å². The van der Waals surface area contributed by atoms with Gasteiger partial charge in [0.25, 0.3) is 0 Å². The van der Waals surface area contributed by atoms with Crippen LogP contribution in [0.1, 0.15) is 18.4 Å². The summed E-state index contributed by atoms with van der Waals surface area (Å²) < 4.78 is 12.8. The quantitative estimate of drug-likeness (QED) is 0.850. The van der Waals surface area contributed by atoms with Crippen molar-refractivity contribution in [3.05, 3.63) is 35.6 Å². The third-order valence-corrected chi connectivity index (χ3v) is 3.46. The highest BCUT2D eigenvalue weighted by Crippen LogP contribution is 2.13. The van der Waals surface area contributed by atoms with Crippen molar-refractivity contribution in [1.82, 2.24) is 9.74 Å². The lowest BCUT2D eigenvalue weighted by atomic mass is 10.1. The lowest BCUT2D eigenvalue weighted by molar-refractivity contribution is -0.131. The Morgan fingerprint density at radius 3 is 2.50 bits per heavy atom. The Morgan fingerprint density at radius 2 is 1.94 bits per heavy atom. The Morgan fingerprint density at radius 1 is 1.33 bits per heavy atom. The molecular formula is C13H16ClFN2O. The molecule has 1 N–H and O–H groups in total. The van der Waals surface area contributed by atoms with Gasteiger partial charge in [-0.15, -0.1) is 0 Å². The molecule has 98 valence electrons. The van der Waals surface area contributed by atoms with Gasteiger partial charge in [0.1, 0.15) is 11.9 Å². The Hall–Kier alpha value is -1.13. The molecule has 1 fully saturated rings. The number of benzene rings is 1. The Balaban J connectivity index is 2.00. The molecule has 0 unspecified atom stereocenters. The lowest BCUT2D eigenvalue weighted by Gasteiger charge is -2.21. The van der Waals surface area contributed by atoms with Crippen LogP contribution in [-0.2, 0) is 11.2 Å². The van der Waals surface area contributed by atoms with Crippen LogP contribution in [0.25, 0.3) is 0 Å². The maximum absolute atomic E-state index is 12.8. The first-order valence-corrected chi connectivity index (χ1v) is 6.48. The summed E-state index contributed by atoms with van der Waals surface area (Å²) in [7, 11) is 0. The van der Waals surface area contributed by atoms with Crippen LogP contribution < -0.4 is 4.84 Å². The van der Waals surface area contributed by atoms with Crippen molar-refractivity contribution in [2.45, 2.75) is 25.3 Å². The van der Waals surface area contributed by atoms with Crippen LogP contribution in [0.5, 0.6) is 0 Å². The normalized spacial score (nSPS) is 16.9. The average molecular weight is 271 g/mol. The lowest BCUT2D eigenvalue weighted by Crippen LogP contribution is -2.43. The predicted octanol–water partition coefficient (Wildman–Crippen LogP) is 2.10. The van der Waals surface area contributed by atoms with E-state index in [4.69, 9.17) is 11.8 Å². The van der Waals surface area contributed by atoms with E-state index in [1.54, 1.807) is 12.1 Å². The van der Waals surface area contributed by atoms with Gasteiger partial charge in [-0.05, 0) is 48.7 Å². The van der Waals surface area contributed by atoms with Crippen molar-refractivity contribution in [2.75, 3.05) is 13.1 Å². The van der Waals surface area contributed by atoms with Gasteiger partial charge in [-0.2, -0.15) is 0 Å². The molecule has 1 aliphatic heterocycles. The third kappa shape index (κ3) is 3.21. The molecule has 3 nitrogen and oxygen atoms in total. The highest BCUT2D eigenvalue weighted by Gasteiger charge is 2.25. The van der Waals surface area contributed by atoms with E-state index in [0.29, 0.717) is 6.42 Å². The van der Waals surface area contributed by atoms with E-state index in [9.17, 15) is 9.18 Å². The zero-order valence-corrected chi connectivity index (χ0v) is 10.8. The van der Waals surface area contributed by atoms with Crippen molar-refractivity contribution in [2.24, 2.45) is 0 Å². The van der Waals surface area contributed by atoms with E-state index in [0.717, 1.165) is 31.5 Å². The number of halogens is 2. The molecule has 1 amide bonds. The number of carbonyl (C=O) groups excluding carboxylic acids is 1. The Labute approximate surface area is 111 Å². The molecule has 18 heavy (non-hydrogen) atoms. The zero-order valence-electron chi connectivity index (χ0n) is 10.0. The largest absolute Gasteiger partial charge is 0.341 e. The number of nitrogens with zero attached hydrogens (tertiary/aromatic N) is 1. The van der Waals surface area contributed by atoms with Gasteiger partial charge in [-0.1, -0.05) is 12.1 Å². The van der Waals surface area contributed by atoms with Crippen molar-refractivity contribution in [3.63, 3.8) is 0 Å². The van der Waals surface area contributed by atoms with E-state index < -0.39 is 6.04 Å². The number of hydrogen-bond donors (Lipinski definition) is 1. The molecule has 0 spiro atoms. The highest BCUT2D eigenvalue weighted by molar-refractivity contribution is 6.15. The van der Waals surface area contributed by atoms with Gasteiger partial charge < -0.3 is 4.90 Å². The molecule has 0 radical (unpaired) electrons. The van der Waals surface area contributed by atoms with Gasteiger partial charge >= 0.3 is 0 Å². The topological polar surface area (TPSA) is 32.3 Å². The minimum atomic E-state index is -0.449. The summed E-state index contributed by atoms with van der Waals surface area (Å²) in [6.07, 6.45) is 2.58. The van der Waals surface area contributed by atoms with Crippen LogP contribution in [-0.4, -0.2) is 29.9 Å². The molecule has 1 aromatic carbocycles. The second-order valence-corrected chi connectivity index (χ2v) is 4.74. The number of nitrogens with one attached hydrogen (secondary N) is 1. The molecular weight excluding hydrogens is 255 g/mol. The third-order valence-electron chi connectivity index (χ3n) is 3.20. The molecule has 1 aromatic rings. The summed E-state index contributed by atoms with van der Waals surface area (Å²) in [5.41, 5.74) is 0.891. The van der Waals surface area contributed by atoms with Crippen LogP contribution >= 0.6 is 11.8 Å². The number of likely N-dealkylation sites (tertiary alicyclic amines) is 1. The van der Waals surface area contributed by atoms with Crippen molar-refractivity contribution < 1.29 is 9.18 Å². The Kier molecular flexibility index (Phi) is 4.55. The van der Waals surface area contributed by atoms with Crippen LogP contribution in [0.4, 0.5) is 4.39 Å². The minimum absolute atomic E-state index is 0.0202. The first kappa shape index (κ1) is 13.3. The standard InChI is InChI=1S/C13H16ClFN2O/c14-16-12(13(18)17-7-1-2-8-17)9-10-3-5-11(15)6-4-10/h3-6,12,16H,1-2,7-9H2/t12-/m1/s1. The van der Waals surface area contributed by atoms with Gasteiger partial charge in [-0.25, -0.2) is 9.23 Å². The summed E-state index contributed by atoms with van der Waals surface area (Å²) in [4.78, 5) is 16.5. The summed E-state index contributed by atoms with van der Waals surface area (Å²) in [5.74, 6) is -0.258. The van der Waals surface area contributed by atoms with Gasteiger partial charge in [0, 0.05) is 13.1 Å². The van der Waals surface area contributed by atoms with E-state index >= 15 is 0 Å². The number of hydrogen-bond acceptors (Lipinski definition) is 2. The first-order valence-electron chi connectivity index (χ1n) is 6.10. The molecule has 2 rings (SSSR count). The summed E-state index contributed by atoms with van der Waals surface area (Å²) in [6.45, 7) is 1.61. The smallest absolute Gasteiger partial charge is 0.241 e. The zero-order chi connectivity index (χ0) is 13.0. The van der Waals surface area contributed by atoms with E-state index in [1.807, 2.05) is 4.90 Å². The van der Waals surface area contributed by atoms with E-state index in [1.165, 1.54) is 12.1 Å². The highest BCUT2D eigenvalue weighted by atomic mass is 35.5. The summed E-state index contributed by atoms with van der Waals surface area (Å²) in [5, 5.41) is 0. The minimum Gasteiger partial charge on any atom is -0.341 e. The molecule has 0 aliphatic carbocycles. The number of carbonyl (C=O) groups is 1. The molecule has 5 heteroatoms. The van der Waals surface area contributed by atoms with Crippen LogP contribution in [0, 0.1) is 5.82 Å². The van der Waals surface area contributed by atoms with Gasteiger partial charge in [0.05, 0.1) is 0 Å². The van der Waals surface area contributed by atoms with E-state index in [-0.39, 0.29) is 11.7 Å². The van der Waals surface area contributed by atoms with Crippen molar-refractivity contribution in [3.8, 4) is 0 Å². The molecule has 1 atom stereocenters. The van der Waals surface area contributed by atoms with Gasteiger partial charge in [-0.3, -0.25) is 4.79 Å². The fourth-order valence-electron chi connectivity index (χ4n) is 2.19. The summed E-state index contributed by atoms with van der Waals surface area (Å²) >= 11 is 5.65. The summed E-state index contributed by atoms with van der Waals surface area (Å²) in [6, 6.07) is 5.68.